The van der Waals surface area contributed by atoms with Crippen molar-refractivity contribution in [1.82, 2.24) is 9.97 Å². The van der Waals surface area contributed by atoms with E-state index in [9.17, 15) is 4.79 Å². The number of benzene rings is 1. The van der Waals surface area contributed by atoms with Gasteiger partial charge in [0.15, 0.2) is 0 Å². The first-order valence-corrected chi connectivity index (χ1v) is 4.92. The van der Waals surface area contributed by atoms with Gasteiger partial charge >= 0.3 is 0 Å². The highest BCUT2D eigenvalue weighted by Crippen LogP contribution is 2.10. The summed E-state index contributed by atoms with van der Waals surface area (Å²) < 4.78 is 0. The number of amides is 1. The zero-order valence-electron chi connectivity index (χ0n) is 8.92. The standard InChI is InChI=1S/C13H9N3O/c1-2-10-4-3-5-12(6-10)16-13(17)11-7-14-9-15-8-11/h1,3-9H,(H,16,17). The third-order valence-electron chi connectivity index (χ3n) is 2.11. The zero-order chi connectivity index (χ0) is 12.1. The first kappa shape index (κ1) is 10.8. The number of terminal acetylenes is 1. The average Bonchev–Trinajstić information content (AvgIpc) is 2.40. The fourth-order valence-corrected chi connectivity index (χ4v) is 1.31. The molecule has 1 amide bonds. The van der Waals surface area contributed by atoms with Gasteiger partial charge in [0.2, 0.25) is 0 Å². The summed E-state index contributed by atoms with van der Waals surface area (Å²) in [7, 11) is 0. The molecule has 1 N–H and O–H groups in total. The molecule has 82 valence electrons. The number of hydrogen-bond acceptors (Lipinski definition) is 3. The van der Waals surface area contributed by atoms with Gasteiger partial charge in [-0.25, -0.2) is 9.97 Å². The summed E-state index contributed by atoms with van der Waals surface area (Å²) >= 11 is 0. The highest BCUT2D eigenvalue weighted by molar-refractivity contribution is 6.03. The van der Waals surface area contributed by atoms with E-state index in [2.05, 4.69) is 21.2 Å². The second kappa shape index (κ2) is 4.90. The number of carbonyl (C=O) groups excluding carboxylic acids is 1. The SMILES string of the molecule is C#Cc1cccc(NC(=O)c2cncnc2)c1. The van der Waals surface area contributed by atoms with Crippen molar-refractivity contribution in [3.05, 3.63) is 54.1 Å². The van der Waals surface area contributed by atoms with Gasteiger partial charge in [0.25, 0.3) is 5.91 Å². The van der Waals surface area contributed by atoms with E-state index < -0.39 is 0 Å². The molecule has 0 unspecified atom stereocenters. The number of carbonyl (C=O) groups is 1. The van der Waals surface area contributed by atoms with Crippen LogP contribution in [-0.2, 0) is 0 Å². The molecule has 0 fully saturated rings. The van der Waals surface area contributed by atoms with Crippen LogP contribution in [-0.4, -0.2) is 15.9 Å². The van der Waals surface area contributed by atoms with Crippen molar-refractivity contribution in [3.8, 4) is 12.3 Å². The van der Waals surface area contributed by atoms with Crippen LogP contribution in [0.1, 0.15) is 15.9 Å². The molecule has 0 radical (unpaired) electrons. The zero-order valence-corrected chi connectivity index (χ0v) is 8.92. The van der Waals surface area contributed by atoms with Crippen LogP contribution in [0, 0.1) is 12.3 Å². The molecule has 0 atom stereocenters. The van der Waals surface area contributed by atoms with Crippen LogP contribution >= 0.6 is 0 Å². The second-order valence-corrected chi connectivity index (χ2v) is 3.31. The Hall–Kier alpha value is -2.67. The van der Waals surface area contributed by atoms with E-state index in [1.807, 2.05) is 0 Å². The lowest BCUT2D eigenvalue weighted by atomic mass is 10.2. The summed E-state index contributed by atoms with van der Waals surface area (Å²) in [5, 5.41) is 2.72. The van der Waals surface area contributed by atoms with Gasteiger partial charge in [-0.2, -0.15) is 0 Å². The number of hydrogen-bond donors (Lipinski definition) is 1. The lowest BCUT2D eigenvalue weighted by Gasteiger charge is -2.04. The van der Waals surface area contributed by atoms with Gasteiger partial charge in [0, 0.05) is 23.6 Å². The molecule has 0 saturated carbocycles. The largest absolute Gasteiger partial charge is 0.322 e. The van der Waals surface area contributed by atoms with E-state index in [4.69, 9.17) is 6.42 Å². The molecule has 0 saturated heterocycles. The number of nitrogens with zero attached hydrogens (tertiary/aromatic N) is 2. The van der Waals surface area contributed by atoms with Crippen molar-refractivity contribution in [2.24, 2.45) is 0 Å². The Morgan fingerprint density at radius 2 is 2.06 bits per heavy atom. The van der Waals surface area contributed by atoms with Gasteiger partial charge < -0.3 is 5.32 Å². The fraction of sp³-hybridized carbons (Fsp3) is 0. The van der Waals surface area contributed by atoms with Gasteiger partial charge in [0.1, 0.15) is 6.33 Å². The molecule has 2 rings (SSSR count). The van der Waals surface area contributed by atoms with Crippen LogP contribution in [0.2, 0.25) is 0 Å². The molecule has 1 heterocycles. The Morgan fingerprint density at radius 3 is 2.76 bits per heavy atom. The summed E-state index contributed by atoms with van der Waals surface area (Å²) in [6.07, 6.45) is 9.55. The normalized spacial score (nSPS) is 9.35. The third kappa shape index (κ3) is 2.67. The highest BCUT2D eigenvalue weighted by atomic mass is 16.1. The number of rotatable bonds is 2. The molecule has 1 aromatic carbocycles. The van der Waals surface area contributed by atoms with Crippen molar-refractivity contribution in [2.45, 2.75) is 0 Å². The van der Waals surface area contributed by atoms with E-state index >= 15 is 0 Å². The van der Waals surface area contributed by atoms with Gasteiger partial charge in [-0.05, 0) is 18.2 Å². The minimum atomic E-state index is -0.264. The average molecular weight is 223 g/mol. The summed E-state index contributed by atoms with van der Waals surface area (Å²) in [6, 6.07) is 7.07. The smallest absolute Gasteiger partial charge is 0.258 e. The fourth-order valence-electron chi connectivity index (χ4n) is 1.31. The van der Waals surface area contributed by atoms with Crippen molar-refractivity contribution in [3.63, 3.8) is 0 Å². The molecule has 1 aromatic heterocycles. The van der Waals surface area contributed by atoms with Gasteiger partial charge in [-0.3, -0.25) is 4.79 Å². The van der Waals surface area contributed by atoms with E-state index in [1.54, 1.807) is 24.3 Å². The van der Waals surface area contributed by atoms with Crippen molar-refractivity contribution in [1.29, 1.82) is 0 Å². The predicted octanol–water partition coefficient (Wildman–Crippen LogP) is 1.71. The monoisotopic (exact) mass is 223 g/mol. The minimum Gasteiger partial charge on any atom is -0.322 e. The molecule has 17 heavy (non-hydrogen) atoms. The lowest BCUT2D eigenvalue weighted by molar-refractivity contribution is 0.102. The van der Waals surface area contributed by atoms with Crippen LogP contribution < -0.4 is 5.32 Å². The molecule has 0 aliphatic heterocycles. The molecule has 0 aliphatic carbocycles. The summed E-state index contributed by atoms with van der Waals surface area (Å²) in [5.41, 5.74) is 1.76. The van der Waals surface area contributed by atoms with Crippen LogP contribution in [0.5, 0.6) is 0 Å². The van der Waals surface area contributed by atoms with E-state index in [0.29, 0.717) is 16.8 Å². The molecule has 0 bridgehead atoms. The van der Waals surface area contributed by atoms with Gasteiger partial charge in [-0.1, -0.05) is 12.0 Å². The molecule has 4 heteroatoms. The molecule has 4 nitrogen and oxygen atoms in total. The Morgan fingerprint density at radius 1 is 1.29 bits per heavy atom. The summed E-state index contributed by atoms with van der Waals surface area (Å²) in [4.78, 5) is 19.3. The molecule has 2 aromatic rings. The van der Waals surface area contributed by atoms with Crippen LogP contribution in [0.4, 0.5) is 5.69 Å². The number of nitrogens with one attached hydrogen (secondary N) is 1. The maximum atomic E-state index is 11.8. The van der Waals surface area contributed by atoms with Crippen LogP contribution in [0.3, 0.4) is 0 Å². The van der Waals surface area contributed by atoms with E-state index in [-0.39, 0.29) is 5.91 Å². The Kier molecular flexibility index (Phi) is 3.13. The van der Waals surface area contributed by atoms with Crippen molar-refractivity contribution in [2.75, 3.05) is 5.32 Å². The summed E-state index contributed by atoms with van der Waals surface area (Å²) in [6.45, 7) is 0. The first-order chi connectivity index (χ1) is 8.29. The Labute approximate surface area is 98.7 Å². The number of anilines is 1. The van der Waals surface area contributed by atoms with Gasteiger partial charge in [-0.15, -0.1) is 6.42 Å². The maximum absolute atomic E-state index is 11.8. The maximum Gasteiger partial charge on any atom is 0.258 e. The minimum absolute atomic E-state index is 0.264. The molecular weight excluding hydrogens is 214 g/mol. The highest BCUT2D eigenvalue weighted by Gasteiger charge is 2.05. The van der Waals surface area contributed by atoms with Gasteiger partial charge in [0.05, 0.1) is 5.56 Å². The van der Waals surface area contributed by atoms with Crippen LogP contribution in [0.15, 0.2) is 43.0 Å². The number of aromatic nitrogens is 2. The lowest BCUT2D eigenvalue weighted by Crippen LogP contribution is -2.12. The topological polar surface area (TPSA) is 54.9 Å². The van der Waals surface area contributed by atoms with Crippen LogP contribution in [0.25, 0.3) is 0 Å². The molecular formula is C13H9N3O. The Bertz CT molecular complexity index is 573. The molecule has 0 aliphatic rings. The first-order valence-electron chi connectivity index (χ1n) is 4.92. The van der Waals surface area contributed by atoms with Crippen molar-refractivity contribution >= 4 is 11.6 Å². The third-order valence-corrected chi connectivity index (χ3v) is 2.11. The van der Waals surface area contributed by atoms with E-state index in [1.165, 1.54) is 18.7 Å². The van der Waals surface area contributed by atoms with Crippen molar-refractivity contribution < 1.29 is 4.79 Å². The molecule has 0 spiro atoms. The Balaban J connectivity index is 2.17. The second-order valence-electron chi connectivity index (χ2n) is 3.31. The predicted molar refractivity (Wildman–Crippen MR) is 64.4 cm³/mol. The quantitative estimate of drug-likeness (QED) is 0.788. The summed E-state index contributed by atoms with van der Waals surface area (Å²) in [5.74, 6) is 2.24. The van der Waals surface area contributed by atoms with E-state index in [0.717, 1.165) is 0 Å².